The summed E-state index contributed by atoms with van der Waals surface area (Å²) in [5.41, 5.74) is 4.09. The van der Waals surface area contributed by atoms with Crippen LogP contribution in [0.1, 0.15) is 29.5 Å². The molecular weight excluding hydrogens is 436 g/mol. The lowest BCUT2D eigenvalue weighted by atomic mass is 9.90. The smallest absolute Gasteiger partial charge is 0.268 e. The zero-order chi connectivity index (χ0) is 24.2. The number of amides is 2. The summed E-state index contributed by atoms with van der Waals surface area (Å²) in [6.07, 6.45) is -0.577. The van der Waals surface area contributed by atoms with Gasteiger partial charge >= 0.3 is 0 Å². The minimum atomic E-state index is -0.577. The number of carbonyl (C=O) groups excluding carboxylic acids is 2. The van der Waals surface area contributed by atoms with Crippen molar-refractivity contribution >= 4 is 23.2 Å². The van der Waals surface area contributed by atoms with Gasteiger partial charge in [0.05, 0.1) is 18.2 Å². The van der Waals surface area contributed by atoms with Gasteiger partial charge < -0.3 is 15.0 Å². The van der Waals surface area contributed by atoms with Crippen molar-refractivity contribution in [3.8, 4) is 5.75 Å². The molecule has 1 heterocycles. The number of ether oxygens (including phenoxy) is 1. The molecule has 1 atom stereocenters. The van der Waals surface area contributed by atoms with Gasteiger partial charge in [0, 0.05) is 5.69 Å². The van der Waals surface area contributed by atoms with E-state index in [1.165, 1.54) is 0 Å². The number of anilines is 2. The van der Waals surface area contributed by atoms with Gasteiger partial charge in [-0.1, -0.05) is 91.0 Å². The summed E-state index contributed by atoms with van der Waals surface area (Å²) in [5.74, 6) is -0.106. The topological polar surface area (TPSA) is 58.6 Å². The quantitative estimate of drug-likeness (QED) is 0.396. The van der Waals surface area contributed by atoms with E-state index in [0.717, 1.165) is 16.7 Å². The first-order valence-corrected chi connectivity index (χ1v) is 11.7. The van der Waals surface area contributed by atoms with Crippen LogP contribution in [0.25, 0.3) is 0 Å². The third-order valence-corrected chi connectivity index (χ3v) is 6.15. The van der Waals surface area contributed by atoms with Crippen LogP contribution in [0.15, 0.2) is 109 Å². The van der Waals surface area contributed by atoms with Gasteiger partial charge in [-0.3, -0.25) is 9.59 Å². The summed E-state index contributed by atoms with van der Waals surface area (Å²) >= 11 is 0. The van der Waals surface area contributed by atoms with Crippen molar-refractivity contribution in [3.05, 3.63) is 126 Å². The van der Waals surface area contributed by atoms with Crippen molar-refractivity contribution in [2.45, 2.75) is 25.5 Å². The molecule has 35 heavy (non-hydrogen) atoms. The van der Waals surface area contributed by atoms with Crippen LogP contribution in [0.4, 0.5) is 11.4 Å². The second-order valence-corrected chi connectivity index (χ2v) is 8.60. The lowest BCUT2D eigenvalue weighted by molar-refractivity contribution is -0.125. The van der Waals surface area contributed by atoms with Crippen molar-refractivity contribution in [1.29, 1.82) is 0 Å². The Morgan fingerprint density at radius 3 is 2.03 bits per heavy atom. The number of carbonyl (C=O) groups is 2. The van der Waals surface area contributed by atoms with Crippen LogP contribution in [-0.4, -0.2) is 17.9 Å². The summed E-state index contributed by atoms with van der Waals surface area (Å²) in [7, 11) is 0. The Kier molecular flexibility index (Phi) is 6.31. The Hall–Kier alpha value is -4.38. The minimum absolute atomic E-state index is 0.115. The SMILES string of the molecule is CC1Oc2ccc(NC(=O)C(c3ccccc3)c3ccccc3)cc2N(Cc2ccccc2)C1=O. The highest BCUT2D eigenvalue weighted by atomic mass is 16.5. The fraction of sp³-hybridized carbons (Fsp3) is 0.133. The molecule has 0 aromatic heterocycles. The van der Waals surface area contributed by atoms with Crippen LogP contribution < -0.4 is 15.0 Å². The van der Waals surface area contributed by atoms with E-state index < -0.39 is 12.0 Å². The highest BCUT2D eigenvalue weighted by Crippen LogP contribution is 2.38. The van der Waals surface area contributed by atoms with Crippen LogP contribution in [0, 0.1) is 0 Å². The average Bonchev–Trinajstić information content (AvgIpc) is 2.89. The lowest BCUT2D eigenvalue weighted by Crippen LogP contribution is -2.44. The summed E-state index contributed by atoms with van der Waals surface area (Å²) < 4.78 is 5.85. The first-order valence-electron chi connectivity index (χ1n) is 11.7. The average molecular weight is 463 g/mol. The highest BCUT2D eigenvalue weighted by molar-refractivity contribution is 6.02. The predicted octanol–water partition coefficient (Wildman–Crippen LogP) is 5.77. The molecule has 174 valence electrons. The first kappa shape index (κ1) is 22.4. The molecule has 1 aliphatic rings. The summed E-state index contributed by atoms with van der Waals surface area (Å²) in [5, 5.41) is 3.07. The summed E-state index contributed by atoms with van der Waals surface area (Å²) in [6.45, 7) is 2.18. The molecule has 0 fully saturated rings. The molecule has 0 bridgehead atoms. The number of hydrogen-bond donors (Lipinski definition) is 1. The number of nitrogens with zero attached hydrogens (tertiary/aromatic N) is 1. The molecule has 1 N–H and O–H groups in total. The van der Waals surface area contributed by atoms with Crippen molar-refractivity contribution in [2.24, 2.45) is 0 Å². The van der Waals surface area contributed by atoms with E-state index in [4.69, 9.17) is 4.74 Å². The lowest BCUT2D eigenvalue weighted by Gasteiger charge is -2.33. The monoisotopic (exact) mass is 462 g/mol. The number of rotatable bonds is 6. The second kappa shape index (κ2) is 9.85. The van der Waals surface area contributed by atoms with E-state index in [0.29, 0.717) is 23.7 Å². The fourth-order valence-corrected chi connectivity index (χ4v) is 4.41. The Morgan fingerprint density at radius 2 is 1.43 bits per heavy atom. The molecule has 1 aliphatic heterocycles. The highest BCUT2D eigenvalue weighted by Gasteiger charge is 2.32. The van der Waals surface area contributed by atoms with E-state index in [1.807, 2.05) is 109 Å². The largest absolute Gasteiger partial charge is 0.479 e. The molecule has 1 unspecified atom stereocenters. The molecule has 5 nitrogen and oxygen atoms in total. The van der Waals surface area contributed by atoms with E-state index >= 15 is 0 Å². The van der Waals surface area contributed by atoms with Crippen LogP contribution in [0.2, 0.25) is 0 Å². The molecule has 4 aromatic rings. The Balaban J connectivity index is 1.46. The Bertz CT molecular complexity index is 1280. The normalized spacial score (nSPS) is 14.9. The van der Waals surface area contributed by atoms with Gasteiger partial charge in [-0.25, -0.2) is 0 Å². The molecule has 5 heteroatoms. The van der Waals surface area contributed by atoms with Gasteiger partial charge in [0.25, 0.3) is 5.91 Å². The van der Waals surface area contributed by atoms with Gasteiger partial charge in [0.2, 0.25) is 5.91 Å². The van der Waals surface area contributed by atoms with Gasteiger partial charge in [0.15, 0.2) is 6.10 Å². The van der Waals surface area contributed by atoms with Crippen LogP contribution in [0.3, 0.4) is 0 Å². The molecule has 5 rings (SSSR count). The van der Waals surface area contributed by atoms with Gasteiger partial charge in [-0.2, -0.15) is 0 Å². The van der Waals surface area contributed by atoms with E-state index in [1.54, 1.807) is 11.8 Å². The number of nitrogens with one attached hydrogen (secondary N) is 1. The van der Waals surface area contributed by atoms with E-state index in [9.17, 15) is 9.59 Å². The van der Waals surface area contributed by atoms with Crippen molar-refractivity contribution in [2.75, 3.05) is 10.2 Å². The predicted molar refractivity (Wildman–Crippen MR) is 138 cm³/mol. The Labute approximate surface area is 205 Å². The molecule has 0 saturated carbocycles. The van der Waals surface area contributed by atoms with Gasteiger partial charge in [-0.15, -0.1) is 0 Å². The Morgan fingerprint density at radius 1 is 0.857 bits per heavy atom. The maximum atomic E-state index is 13.5. The van der Waals surface area contributed by atoms with Crippen LogP contribution >= 0.6 is 0 Å². The van der Waals surface area contributed by atoms with Gasteiger partial charge in [-0.05, 0) is 41.8 Å². The van der Waals surface area contributed by atoms with E-state index in [2.05, 4.69) is 5.32 Å². The molecular formula is C30H26N2O3. The van der Waals surface area contributed by atoms with Crippen molar-refractivity contribution < 1.29 is 14.3 Å². The molecule has 0 spiro atoms. The van der Waals surface area contributed by atoms with Crippen molar-refractivity contribution in [3.63, 3.8) is 0 Å². The third-order valence-electron chi connectivity index (χ3n) is 6.15. The number of hydrogen-bond acceptors (Lipinski definition) is 3. The molecule has 0 radical (unpaired) electrons. The number of benzene rings is 4. The standard InChI is InChI=1S/C30H26N2O3/c1-21-30(34)32(20-22-11-5-2-6-12-22)26-19-25(17-18-27(26)35-21)31-29(33)28(23-13-7-3-8-14-23)24-15-9-4-10-16-24/h2-19,21,28H,20H2,1H3,(H,31,33). The zero-order valence-electron chi connectivity index (χ0n) is 19.4. The molecule has 2 amide bonds. The van der Waals surface area contributed by atoms with Crippen LogP contribution in [0.5, 0.6) is 5.75 Å². The first-order chi connectivity index (χ1) is 17.1. The maximum absolute atomic E-state index is 13.5. The minimum Gasteiger partial charge on any atom is -0.479 e. The van der Waals surface area contributed by atoms with Crippen LogP contribution in [-0.2, 0) is 16.1 Å². The molecule has 0 saturated heterocycles. The number of fused-ring (bicyclic) bond motifs is 1. The van der Waals surface area contributed by atoms with Gasteiger partial charge in [0.1, 0.15) is 5.75 Å². The molecule has 4 aromatic carbocycles. The maximum Gasteiger partial charge on any atom is 0.268 e. The molecule has 0 aliphatic carbocycles. The fourth-order valence-electron chi connectivity index (χ4n) is 4.41. The third kappa shape index (κ3) is 4.80. The second-order valence-electron chi connectivity index (χ2n) is 8.60. The summed E-state index contributed by atoms with van der Waals surface area (Å²) in [6, 6.07) is 34.7. The summed E-state index contributed by atoms with van der Waals surface area (Å²) in [4.78, 5) is 28.3. The van der Waals surface area contributed by atoms with E-state index in [-0.39, 0.29) is 11.8 Å². The zero-order valence-corrected chi connectivity index (χ0v) is 19.4. The van der Waals surface area contributed by atoms with Crippen molar-refractivity contribution in [1.82, 2.24) is 0 Å².